The molecule has 0 radical (unpaired) electrons. The Balaban J connectivity index is 2.03. The first-order valence-electron chi connectivity index (χ1n) is 5.13. The van der Waals surface area contributed by atoms with E-state index in [4.69, 9.17) is 5.11 Å². The van der Waals surface area contributed by atoms with E-state index < -0.39 is 12.0 Å². The second-order valence-corrected chi connectivity index (χ2v) is 3.85. The van der Waals surface area contributed by atoms with Gasteiger partial charge >= 0.3 is 5.97 Å². The number of carbonyl (C=O) groups excluding carboxylic acids is 1. The molecule has 0 aromatic rings. The van der Waals surface area contributed by atoms with Crippen LogP contribution in [0.4, 0.5) is 0 Å². The number of aliphatic carboxylic acids is 1. The number of carboxylic acid groups (broad SMARTS) is 1. The summed E-state index contributed by atoms with van der Waals surface area (Å²) in [5.74, 6) is -1.06. The van der Waals surface area contributed by atoms with Crippen LogP contribution in [0.3, 0.4) is 0 Å². The molecule has 2 heterocycles. The fourth-order valence-electron chi connectivity index (χ4n) is 2.06. The van der Waals surface area contributed by atoms with Crippen molar-refractivity contribution in [2.45, 2.75) is 24.9 Å². The van der Waals surface area contributed by atoms with Gasteiger partial charge in [0.2, 0.25) is 5.91 Å². The van der Waals surface area contributed by atoms with Gasteiger partial charge in [0, 0.05) is 6.54 Å². The Morgan fingerprint density at radius 1 is 1.47 bits per heavy atom. The number of carboxylic acids is 1. The third-order valence-corrected chi connectivity index (χ3v) is 2.85. The number of hydrogen-bond acceptors (Lipinski definition) is 3. The Morgan fingerprint density at radius 3 is 2.87 bits per heavy atom. The second kappa shape index (κ2) is 4.02. The minimum Gasteiger partial charge on any atom is -0.479 e. The first-order chi connectivity index (χ1) is 7.20. The topological polar surface area (TPSA) is 69.6 Å². The minimum absolute atomic E-state index is 0.0927. The molecule has 1 saturated heterocycles. The number of nitrogens with zero attached hydrogens (tertiary/aromatic N) is 1. The molecule has 0 aliphatic carbocycles. The molecule has 2 aliphatic heterocycles. The maximum absolute atomic E-state index is 11.9. The van der Waals surface area contributed by atoms with E-state index in [9.17, 15) is 9.59 Å². The molecule has 1 fully saturated rings. The van der Waals surface area contributed by atoms with Crippen LogP contribution in [-0.2, 0) is 9.59 Å². The van der Waals surface area contributed by atoms with Crippen LogP contribution in [0.1, 0.15) is 12.8 Å². The van der Waals surface area contributed by atoms with Crippen LogP contribution in [0.5, 0.6) is 0 Å². The Kier molecular flexibility index (Phi) is 2.73. The van der Waals surface area contributed by atoms with Gasteiger partial charge in [-0.15, -0.1) is 0 Å². The number of hydrogen-bond donors (Lipinski definition) is 2. The Bertz CT molecular complexity index is 308. The van der Waals surface area contributed by atoms with Crippen LogP contribution in [-0.4, -0.2) is 47.1 Å². The van der Waals surface area contributed by atoms with E-state index in [0.29, 0.717) is 6.54 Å². The Labute approximate surface area is 87.7 Å². The molecule has 5 nitrogen and oxygen atoms in total. The van der Waals surface area contributed by atoms with Crippen molar-refractivity contribution in [3.8, 4) is 0 Å². The molecule has 0 bridgehead atoms. The Hall–Kier alpha value is -1.36. The summed E-state index contributed by atoms with van der Waals surface area (Å²) in [7, 11) is 0. The third kappa shape index (κ3) is 1.87. The smallest absolute Gasteiger partial charge is 0.330 e. The average Bonchev–Trinajstić information content (AvgIpc) is 2.88. The van der Waals surface area contributed by atoms with Crippen molar-refractivity contribution in [1.29, 1.82) is 0 Å². The monoisotopic (exact) mass is 210 g/mol. The van der Waals surface area contributed by atoms with Gasteiger partial charge in [-0.25, -0.2) is 4.79 Å². The lowest BCUT2D eigenvalue weighted by Crippen LogP contribution is -2.48. The van der Waals surface area contributed by atoms with Crippen molar-refractivity contribution in [3.63, 3.8) is 0 Å². The molecule has 2 atom stereocenters. The van der Waals surface area contributed by atoms with Crippen LogP contribution in [0.15, 0.2) is 12.2 Å². The highest BCUT2D eigenvalue weighted by Gasteiger charge is 2.34. The zero-order valence-electron chi connectivity index (χ0n) is 8.35. The lowest BCUT2D eigenvalue weighted by molar-refractivity contribution is -0.147. The van der Waals surface area contributed by atoms with Crippen molar-refractivity contribution in [3.05, 3.63) is 12.2 Å². The van der Waals surface area contributed by atoms with Crippen molar-refractivity contribution >= 4 is 11.9 Å². The van der Waals surface area contributed by atoms with Crippen LogP contribution >= 0.6 is 0 Å². The molecule has 15 heavy (non-hydrogen) atoms. The zero-order chi connectivity index (χ0) is 10.8. The largest absolute Gasteiger partial charge is 0.479 e. The minimum atomic E-state index is -0.963. The van der Waals surface area contributed by atoms with Gasteiger partial charge in [-0.2, -0.15) is 0 Å². The number of rotatable bonds is 2. The standard InChI is InChI=1S/C10H14N2O3/c13-9(7-3-1-5-11-7)12-6-2-4-8(12)10(14)15/h2,4,7-8,11H,1,3,5-6H2,(H,14,15). The summed E-state index contributed by atoms with van der Waals surface area (Å²) in [4.78, 5) is 24.2. The first kappa shape index (κ1) is 10.2. The van der Waals surface area contributed by atoms with Crippen LogP contribution in [0, 0.1) is 0 Å². The molecule has 2 rings (SSSR count). The van der Waals surface area contributed by atoms with Gasteiger partial charge in [0.15, 0.2) is 0 Å². The summed E-state index contributed by atoms with van der Waals surface area (Å²) >= 11 is 0. The highest BCUT2D eigenvalue weighted by atomic mass is 16.4. The summed E-state index contributed by atoms with van der Waals surface area (Å²) in [6.07, 6.45) is 5.08. The molecule has 0 aromatic carbocycles. The van der Waals surface area contributed by atoms with Crippen LogP contribution < -0.4 is 5.32 Å². The van der Waals surface area contributed by atoms with Gasteiger partial charge in [0.1, 0.15) is 6.04 Å². The molecule has 82 valence electrons. The molecular formula is C10H14N2O3. The Morgan fingerprint density at radius 2 is 2.27 bits per heavy atom. The SMILES string of the molecule is O=C(O)C1C=CCN1C(=O)C1CCCN1. The maximum Gasteiger partial charge on any atom is 0.330 e. The molecular weight excluding hydrogens is 196 g/mol. The van der Waals surface area contributed by atoms with Gasteiger partial charge in [-0.05, 0) is 19.4 Å². The fraction of sp³-hybridized carbons (Fsp3) is 0.600. The van der Waals surface area contributed by atoms with E-state index in [2.05, 4.69) is 5.32 Å². The van der Waals surface area contributed by atoms with E-state index in [1.54, 1.807) is 12.2 Å². The van der Waals surface area contributed by atoms with Crippen molar-refractivity contribution < 1.29 is 14.7 Å². The van der Waals surface area contributed by atoms with Crippen LogP contribution in [0.2, 0.25) is 0 Å². The zero-order valence-corrected chi connectivity index (χ0v) is 8.35. The second-order valence-electron chi connectivity index (χ2n) is 3.85. The highest BCUT2D eigenvalue weighted by Crippen LogP contribution is 2.15. The molecule has 2 N–H and O–H groups in total. The summed E-state index contributed by atoms with van der Waals surface area (Å²) in [6, 6.07) is -0.966. The average molecular weight is 210 g/mol. The van der Waals surface area contributed by atoms with E-state index >= 15 is 0 Å². The molecule has 0 aromatic heterocycles. The molecule has 5 heteroatoms. The summed E-state index contributed by atoms with van der Waals surface area (Å²) in [6.45, 7) is 1.25. The van der Waals surface area contributed by atoms with Gasteiger partial charge in [0.05, 0.1) is 6.04 Å². The quantitative estimate of drug-likeness (QED) is 0.608. The van der Waals surface area contributed by atoms with Gasteiger partial charge in [-0.3, -0.25) is 4.79 Å². The molecule has 2 unspecified atom stereocenters. The molecule has 2 aliphatic rings. The lowest BCUT2D eigenvalue weighted by atomic mass is 10.2. The van der Waals surface area contributed by atoms with Crippen LogP contribution in [0.25, 0.3) is 0 Å². The van der Waals surface area contributed by atoms with Crippen molar-refractivity contribution in [1.82, 2.24) is 10.2 Å². The summed E-state index contributed by atoms with van der Waals surface area (Å²) in [5, 5.41) is 12.0. The first-order valence-corrected chi connectivity index (χ1v) is 5.13. The van der Waals surface area contributed by atoms with Gasteiger partial charge < -0.3 is 15.3 Å². The fourth-order valence-corrected chi connectivity index (χ4v) is 2.06. The normalized spacial score (nSPS) is 29.7. The number of carbonyl (C=O) groups is 2. The van der Waals surface area contributed by atoms with E-state index in [1.165, 1.54) is 4.90 Å². The highest BCUT2D eigenvalue weighted by molar-refractivity contribution is 5.89. The summed E-state index contributed by atoms with van der Waals surface area (Å²) < 4.78 is 0. The predicted octanol–water partition coefficient (Wildman–Crippen LogP) is -0.410. The lowest BCUT2D eigenvalue weighted by Gasteiger charge is -2.24. The maximum atomic E-state index is 11.9. The van der Waals surface area contributed by atoms with Gasteiger partial charge in [0.25, 0.3) is 0 Å². The van der Waals surface area contributed by atoms with Crippen molar-refractivity contribution in [2.75, 3.05) is 13.1 Å². The van der Waals surface area contributed by atoms with Gasteiger partial charge in [-0.1, -0.05) is 12.2 Å². The van der Waals surface area contributed by atoms with E-state index in [-0.39, 0.29) is 11.9 Å². The van der Waals surface area contributed by atoms with E-state index in [1.807, 2.05) is 0 Å². The van der Waals surface area contributed by atoms with Crippen molar-refractivity contribution in [2.24, 2.45) is 0 Å². The molecule has 0 spiro atoms. The third-order valence-electron chi connectivity index (χ3n) is 2.85. The van der Waals surface area contributed by atoms with E-state index in [0.717, 1.165) is 19.4 Å². The molecule has 0 saturated carbocycles. The number of amides is 1. The predicted molar refractivity (Wildman–Crippen MR) is 53.3 cm³/mol. The molecule has 1 amide bonds. The summed E-state index contributed by atoms with van der Waals surface area (Å²) in [5.41, 5.74) is 0. The number of nitrogens with one attached hydrogen (secondary N) is 1.